The fourth-order valence-electron chi connectivity index (χ4n) is 3.55. The zero-order valence-electron chi connectivity index (χ0n) is 16.3. The number of esters is 1. The number of unbranched alkanes of at least 4 members (excludes halogenated alkanes) is 1. The number of allylic oxidation sites excluding steroid dienone is 1. The van der Waals surface area contributed by atoms with Crippen molar-refractivity contribution in [2.45, 2.75) is 76.5 Å². The van der Waals surface area contributed by atoms with Gasteiger partial charge in [0.2, 0.25) is 0 Å². The van der Waals surface area contributed by atoms with Crippen molar-refractivity contribution in [3.8, 4) is 5.75 Å². The lowest BCUT2D eigenvalue weighted by Gasteiger charge is -2.28. The number of benzene rings is 1. The molecule has 0 aromatic heterocycles. The van der Waals surface area contributed by atoms with E-state index in [1.807, 2.05) is 24.3 Å². The van der Waals surface area contributed by atoms with Crippen molar-refractivity contribution in [3.05, 3.63) is 42.0 Å². The first-order chi connectivity index (χ1) is 13.1. The normalized spacial score (nSPS) is 26.0. The Balaban J connectivity index is 1.28. The highest BCUT2D eigenvalue weighted by molar-refractivity contribution is 5.72. The standard InChI is InChI=1S/C22H30O5/c1-16(25-15-17-8-10-18(24-2)11-9-17)6-4-3-5-7-19-12-13-20-21(26-19)14-22(23)27-20/h5,7-11,16,19-21H,3-4,6,12-15H2,1-2H3/b7-5+/t16-,19-,20+,21+/m0/s1. The van der Waals surface area contributed by atoms with Crippen LogP contribution < -0.4 is 4.74 Å². The lowest BCUT2D eigenvalue weighted by Crippen LogP contribution is -2.34. The maximum atomic E-state index is 11.3. The topological polar surface area (TPSA) is 54.0 Å². The van der Waals surface area contributed by atoms with Gasteiger partial charge >= 0.3 is 5.97 Å². The van der Waals surface area contributed by atoms with Gasteiger partial charge in [-0.15, -0.1) is 0 Å². The van der Waals surface area contributed by atoms with Crippen LogP contribution in [0.5, 0.6) is 5.75 Å². The number of carbonyl (C=O) groups excluding carboxylic acids is 1. The van der Waals surface area contributed by atoms with E-state index in [2.05, 4.69) is 19.1 Å². The summed E-state index contributed by atoms with van der Waals surface area (Å²) < 4.78 is 22.3. The zero-order chi connectivity index (χ0) is 19.1. The Morgan fingerprint density at radius 3 is 2.81 bits per heavy atom. The van der Waals surface area contributed by atoms with Gasteiger partial charge < -0.3 is 18.9 Å². The number of methoxy groups -OCH3 is 1. The van der Waals surface area contributed by atoms with E-state index >= 15 is 0 Å². The third-order valence-corrected chi connectivity index (χ3v) is 5.18. The number of carbonyl (C=O) groups is 1. The van der Waals surface area contributed by atoms with E-state index in [1.54, 1.807) is 7.11 Å². The summed E-state index contributed by atoms with van der Waals surface area (Å²) in [5.41, 5.74) is 1.16. The molecule has 0 unspecified atom stereocenters. The van der Waals surface area contributed by atoms with Crippen LogP contribution >= 0.6 is 0 Å². The van der Waals surface area contributed by atoms with E-state index in [4.69, 9.17) is 18.9 Å². The Kier molecular flexibility index (Phi) is 7.30. The molecule has 0 amide bonds. The lowest BCUT2D eigenvalue weighted by molar-refractivity contribution is -0.144. The third kappa shape index (κ3) is 6.08. The van der Waals surface area contributed by atoms with Crippen LogP contribution in [0.15, 0.2) is 36.4 Å². The first-order valence-electron chi connectivity index (χ1n) is 9.90. The summed E-state index contributed by atoms with van der Waals surface area (Å²) in [6.45, 7) is 2.75. The van der Waals surface area contributed by atoms with Crippen molar-refractivity contribution in [2.24, 2.45) is 0 Å². The molecule has 0 bridgehead atoms. The van der Waals surface area contributed by atoms with Crippen molar-refractivity contribution in [2.75, 3.05) is 7.11 Å². The van der Waals surface area contributed by atoms with Gasteiger partial charge in [0.15, 0.2) is 0 Å². The predicted molar refractivity (Wildman–Crippen MR) is 103 cm³/mol. The summed E-state index contributed by atoms with van der Waals surface area (Å²) in [6, 6.07) is 7.98. The van der Waals surface area contributed by atoms with Crippen LogP contribution in [0.4, 0.5) is 0 Å². The Labute approximate surface area is 161 Å². The van der Waals surface area contributed by atoms with Gasteiger partial charge in [-0.3, -0.25) is 4.79 Å². The molecule has 27 heavy (non-hydrogen) atoms. The molecule has 5 nitrogen and oxygen atoms in total. The lowest BCUT2D eigenvalue weighted by atomic mass is 10.0. The second-order valence-corrected chi connectivity index (χ2v) is 7.35. The highest BCUT2D eigenvalue weighted by Crippen LogP contribution is 2.30. The summed E-state index contributed by atoms with van der Waals surface area (Å²) in [5.74, 6) is 0.737. The molecular formula is C22H30O5. The van der Waals surface area contributed by atoms with Gasteiger partial charge in [0.05, 0.1) is 32.3 Å². The minimum absolute atomic E-state index is 0.0224. The predicted octanol–water partition coefficient (Wildman–Crippen LogP) is 4.19. The average molecular weight is 374 g/mol. The minimum Gasteiger partial charge on any atom is -0.497 e. The Morgan fingerprint density at radius 1 is 1.22 bits per heavy atom. The van der Waals surface area contributed by atoms with E-state index in [0.29, 0.717) is 13.0 Å². The molecule has 5 heteroatoms. The van der Waals surface area contributed by atoms with Gasteiger partial charge in [-0.1, -0.05) is 24.3 Å². The molecule has 2 heterocycles. The van der Waals surface area contributed by atoms with Crippen LogP contribution in [0.3, 0.4) is 0 Å². The second kappa shape index (κ2) is 9.90. The Hall–Kier alpha value is -1.85. The average Bonchev–Trinajstić information content (AvgIpc) is 3.05. The van der Waals surface area contributed by atoms with Crippen molar-refractivity contribution in [3.63, 3.8) is 0 Å². The van der Waals surface area contributed by atoms with Crippen LogP contribution in [0, 0.1) is 0 Å². The van der Waals surface area contributed by atoms with E-state index in [1.165, 1.54) is 0 Å². The highest BCUT2D eigenvalue weighted by atomic mass is 16.6. The van der Waals surface area contributed by atoms with E-state index < -0.39 is 0 Å². The van der Waals surface area contributed by atoms with Crippen LogP contribution in [0.25, 0.3) is 0 Å². The van der Waals surface area contributed by atoms with Crippen molar-refractivity contribution in [1.82, 2.24) is 0 Å². The van der Waals surface area contributed by atoms with Gasteiger partial charge in [0.25, 0.3) is 0 Å². The van der Waals surface area contributed by atoms with Gasteiger partial charge in [0, 0.05) is 0 Å². The largest absolute Gasteiger partial charge is 0.497 e. The fourth-order valence-corrected chi connectivity index (χ4v) is 3.55. The number of fused-ring (bicyclic) bond motifs is 1. The molecule has 0 aliphatic carbocycles. The molecule has 2 aliphatic heterocycles. The molecule has 2 aliphatic rings. The second-order valence-electron chi connectivity index (χ2n) is 7.35. The van der Waals surface area contributed by atoms with Crippen molar-refractivity contribution in [1.29, 1.82) is 0 Å². The molecular weight excluding hydrogens is 344 g/mol. The maximum Gasteiger partial charge on any atom is 0.308 e. The van der Waals surface area contributed by atoms with E-state index in [-0.39, 0.29) is 30.4 Å². The highest BCUT2D eigenvalue weighted by Gasteiger charge is 2.39. The molecule has 0 N–H and O–H groups in total. The molecule has 4 atom stereocenters. The monoisotopic (exact) mass is 374 g/mol. The van der Waals surface area contributed by atoms with Gasteiger partial charge in [-0.2, -0.15) is 0 Å². The van der Waals surface area contributed by atoms with E-state index in [0.717, 1.165) is 43.4 Å². The molecule has 0 spiro atoms. The maximum absolute atomic E-state index is 11.3. The summed E-state index contributed by atoms with van der Waals surface area (Å²) in [6.07, 6.45) is 9.96. The molecule has 1 aromatic rings. The van der Waals surface area contributed by atoms with Crippen molar-refractivity contribution >= 4 is 5.97 Å². The number of ether oxygens (including phenoxy) is 4. The molecule has 3 rings (SSSR count). The minimum atomic E-state index is -0.127. The summed E-state index contributed by atoms with van der Waals surface area (Å²) in [5, 5.41) is 0. The molecule has 0 saturated carbocycles. The smallest absolute Gasteiger partial charge is 0.308 e. The first-order valence-corrected chi connectivity index (χ1v) is 9.90. The summed E-state index contributed by atoms with van der Waals surface area (Å²) in [4.78, 5) is 11.3. The van der Waals surface area contributed by atoms with Crippen LogP contribution in [0.2, 0.25) is 0 Å². The molecule has 0 radical (unpaired) electrons. The van der Waals surface area contributed by atoms with Crippen LogP contribution in [-0.2, 0) is 25.6 Å². The van der Waals surface area contributed by atoms with Crippen LogP contribution in [-0.4, -0.2) is 37.5 Å². The molecule has 1 aromatic carbocycles. The Morgan fingerprint density at radius 2 is 2.04 bits per heavy atom. The molecule has 2 fully saturated rings. The zero-order valence-corrected chi connectivity index (χ0v) is 16.3. The summed E-state index contributed by atoms with van der Waals surface area (Å²) in [7, 11) is 1.67. The SMILES string of the molecule is COc1ccc(CO[C@@H](C)CCC/C=C/[C@H]2CC[C@H]3OC(=O)C[C@H]3O2)cc1. The quantitative estimate of drug-likeness (QED) is 0.368. The van der Waals surface area contributed by atoms with E-state index in [9.17, 15) is 4.79 Å². The number of hydrogen-bond acceptors (Lipinski definition) is 5. The third-order valence-electron chi connectivity index (χ3n) is 5.18. The van der Waals surface area contributed by atoms with Crippen LogP contribution in [0.1, 0.15) is 51.0 Å². The van der Waals surface area contributed by atoms with Gasteiger partial charge in [-0.05, 0) is 56.7 Å². The molecule has 148 valence electrons. The number of hydrogen-bond donors (Lipinski definition) is 0. The Bertz CT molecular complexity index is 624. The number of rotatable bonds is 9. The van der Waals surface area contributed by atoms with Gasteiger partial charge in [-0.25, -0.2) is 0 Å². The first kappa shape index (κ1) is 19.9. The molecule has 2 saturated heterocycles. The van der Waals surface area contributed by atoms with Crippen molar-refractivity contribution < 1.29 is 23.7 Å². The van der Waals surface area contributed by atoms with Gasteiger partial charge in [0.1, 0.15) is 18.0 Å². The fraction of sp³-hybridized carbons (Fsp3) is 0.591. The summed E-state index contributed by atoms with van der Waals surface area (Å²) >= 11 is 0.